The Morgan fingerprint density at radius 1 is 1.47 bits per heavy atom. The van der Waals surface area contributed by atoms with Crippen LogP contribution in [-0.4, -0.2) is 43.2 Å². The standard InChI is InChI=1S/C13H18N2O3.ClH/c1-9(14)13(16)15(2)7-10-8-17-11-5-3-4-6-12(11)18-10;/h3-6,9-10H,7-8,14H2,1-2H3;1H/t9-,10?;/m1./s1. The largest absolute Gasteiger partial charge is 0.486 e. The first kappa shape index (κ1) is 15.6. The third-order valence-electron chi connectivity index (χ3n) is 2.81. The Kier molecular flexibility index (Phi) is 5.44. The number of carbonyl (C=O) groups excluding carboxylic acids is 1. The predicted molar refractivity (Wildman–Crippen MR) is 74.9 cm³/mol. The molecule has 1 aromatic carbocycles. The molecule has 6 heteroatoms. The molecule has 1 aromatic rings. The number of hydrogen-bond acceptors (Lipinski definition) is 4. The van der Waals surface area contributed by atoms with Crippen LogP contribution in [0.25, 0.3) is 0 Å². The minimum atomic E-state index is -0.494. The van der Waals surface area contributed by atoms with Crippen LogP contribution in [0.1, 0.15) is 6.92 Å². The van der Waals surface area contributed by atoms with Gasteiger partial charge in [-0.25, -0.2) is 0 Å². The molecule has 2 N–H and O–H groups in total. The summed E-state index contributed by atoms with van der Waals surface area (Å²) >= 11 is 0. The number of para-hydroxylation sites is 2. The third-order valence-corrected chi connectivity index (χ3v) is 2.81. The first-order chi connectivity index (χ1) is 8.58. The van der Waals surface area contributed by atoms with Crippen molar-refractivity contribution in [2.45, 2.75) is 19.1 Å². The van der Waals surface area contributed by atoms with E-state index in [9.17, 15) is 4.79 Å². The van der Waals surface area contributed by atoms with Gasteiger partial charge in [0.05, 0.1) is 12.6 Å². The number of fused-ring (bicyclic) bond motifs is 1. The van der Waals surface area contributed by atoms with Crippen molar-refractivity contribution in [1.29, 1.82) is 0 Å². The maximum atomic E-state index is 11.7. The fraction of sp³-hybridized carbons (Fsp3) is 0.462. The quantitative estimate of drug-likeness (QED) is 0.902. The number of nitrogens with zero attached hydrogens (tertiary/aromatic N) is 1. The van der Waals surface area contributed by atoms with Gasteiger partial charge < -0.3 is 20.1 Å². The second-order valence-electron chi connectivity index (χ2n) is 4.51. The van der Waals surface area contributed by atoms with Crippen LogP contribution in [0, 0.1) is 0 Å². The molecule has 0 aliphatic carbocycles. The van der Waals surface area contributed by atoms with Crippen molar-refractivity contribution in [1.82, 2.24) is 4.90 Å². The minimum absolute atomic E-state index is 0. The number of hydrogen-bond donors (Lipinski definition) is 1. The number of rotatable bonds is 3. The molecule has 1 aliphatic heterocycles. The van der Waals surface area contributed by atoms with Crippen LogP contribution < -0.4 is 15.2 Å². The molecule has 0 aromatic heterocycles. The molecule has 5 nitrogen and oxygen atoms in total. The SMILES string of the molecule is C[C@@H](N)C(=O)N(C)CC1COc2ccccc2O1.Cl. The van der Waals surface area contributed by atoms with Crippen LogP contribution in [-0.2, 0) is 4.79 Å². The van der Waals surface area contributed by atoms with Crippen molar-refractivity contribution < 1.29 is 14.3 Å². The summed E-state index contributed by atoms with van der Waals surface area (Å²) in [5, 5.41) is 0. The van der Waals surface area contributed by atoms with E-state index in [0.717, 1.165) is 11.5 Å². The highest BCUT2D eigenvalue weighted by Crippen LogP contribution is 2.30. The maximum Gasteiger partial charge on any atom is 0.239 e. The van der Waals surface area contributed by atoms with E-state index in [0.29, 0.717) is 13.2 Å². The molecule has 1 amide bonds. The van der Waals surface area contributed by atoms with Crippen molar-refractivity contribution in [3.63, 3.8) is 0 Å². The Balaban J connectivity index is 0.00000180. The molecule has 0 spiro atoms. The number of benzene rings is 1. The molecule has 106 valence electrons. The molecule has 2 atom stereocenters. The molecule has 1 unspecified atom stereocenters. The Bertz CT molecular complexity index is 440. The molecular formula is C13H19ClN2O3. The van der Waals surface area contributed by atoms with E-state index in [1.807, 2.05) is 24.3 Å². The van der Waals surface area contributed by atoms with E-state index in [-0.39, 0.29) is 24.4 Å². The highest BCUT2D eigenvalue weighted by molar-refractivity contribution is 5.85. The van der Waals surface area contributed by atoms with E-state index in [1.165, 1.54) is 0 Å². The average Bonchev–Trinajstić information content (AvgIpc) is 2.37. The molecule has 2 rings (SSSR count). The van der Waals surface area contributed by atoms with Gasteiger partial charge in [0.15, 0.2) is 17.6 Å². The van der Waals surface area contributed by atoms with Gasteiger partial charge in [0, 0.05) is 7.05 Å². The molecule has 19 heavy (non-hydrogen) atoms. The summed E-state index contributed by atoms with van der Waals surface area (Å²) in [7, 11) is 1.72. The van der Waals surface area contributed by atoms with Gasteiger partial charge >= 0.3 is 0 Å². The zero-order valence-electron chi connectivity index (χ0n) is 11.0. The van der Waals surface area contributed by atoms with E-state index in [1.54, 1.807) is 18.9 Å². The van der Waals surface area contributed by atoms with E-state index >= 15 is 0 Å². The fourth-order valence-electron chi connectivity index (χ4n) is 1.90. The van der Waals surface area contributed by atoms with Crippen LogP contribution >= 0.6 is 12.4 Å². The van der Waals surface area contributed by atoms with Crippen molar-refractivity contribution in [3.05, 3.63) is 24.3 Å². The highest BCUT2D eigenvalue weighted by Gasteiger charge is 2.24. The highest BCUT2D eigenvalue weighted by atomic mass is 35.5. The van der Waals surface area contributed by atoms with E-state index in [4.69, 9.17) is 15.2 Å². The van der Waals surface area contributed by atoms with Gasteiger partial charge in [0.2, 0.25) is 5.91 Å². The van der Waals surface area contributed by atoms with Crippen molar-refractivity contribution in [2.75, 3.05) is 20.2 Å². The van der Waals surface area contributed by atoms with Crippen LogP contribution in [0.4, 0.5) is 0 Å². The van der Waals surface area contributed by atoms with Gasteiger partial charge in [-0.3, -0.25) is 4.79 Å². The molecule has 1 aliphatic rings. The summed E-state index contributed by atoms with van der Waals surface area (Å²) < 4.78 is 11.4. The second kappa shape index (κ2) is 6.63. The van der Waals surface area contributed by atoms with Crippen molar-refractivity contribution in [2.24, 2.45) is 5.73 Å². The fourth-order valence-corrected chi connectivity index (χ4v) is 1.90. The first-order valence-electron chi connectivity index (χ1n) is 5.97. The number of halogens is 1. The summed E-state index contributed by atoms with van der Waals surface area (Å²) in [6, 6.07) is 7.01. The zero-order valence-corrected chi connectivity index (χ0v) is 11.9. The number of amides is 1. The van der Waals surface area contributed by atoms with Gasteiger partial charge in [-0.05, 0) is 19.1 Å². The smallest absolute Gasteiger partial charge is 0.239 e. The maximum absolute atomic E-state index is 11.7. The molecule has 0 bridgehead atoms. The number of carbonyl (C=O) groups is 1. The van der Waals surface area contributed by atoms with Crippen LogP contribution in [0.3, 0.4) is 0 Å². The second-order valence-corrected chi connectivity index (χ2v) is 4.51. The lowest BCUT2D eigenvalue weighted by molar-refractivity contribution is -0.132. The minimum Gasteiger partial charge on any atom is -0.486 e. The number of nitrogens with two attached hydrogens (primary N) is 1. The van der Waals surface area contributed by atoms with Crippen molar-refractivity contribution in [3.8, 4) is 11.5 Å². The monoisotopic (exact) mass is 286 g/mol. The van der Waals surface area contributed by atoms with Crippen LogP contribution in [0.2, 0.25) is 0 Å². The molecule has 0 saturated carbocycles. The summed E-state index contributed by atoms with van der Waals surface area (Å²) in [5.74, 6) is 1.36. The Labute approximate surface area is 119 Å². The molecule has 0 radical (unpaired) electrons. The lowest BCUT2D eigenvalue weighted by Crippen LogP contribution is -2.46. The Morgan fingerprint density at radius 2 is 2.11 bits per heavy atom. The molecule has 0 saturated heterocycles. The van der Waals surface area contributed by atoms with Gasteiger partial charge in [0.25, 0.3) is 0 Å². The predicted octanol–water partition coefficient (Wildman–Crippen LogP) is 1.05. The number of ether oxygens (including phenoxy) is 2. The summed E-state index contributed by atoms with van der Waals surface area (Å²) in [6.45, 7) is 2.58. The van der Waals surface area contributed by atoms with E-state index in [2.05, 4.69) is 0 Å². The van der Waals surface area contributed by atoms with Crippen molar-refractivity contribution >= 4 is 18.3 Å². The lowest BCUT2D eigenvalue weighted by atomic mass is 10.2. The zero-order chi connectivity index (χ0) is 13.1. The Hall–Kier alpha value is -1.46. The topological polar surface area (TPSA) is 64.8 Å². The molecular weight excluding hydrogens is 268 g/mol. The molecule has 0 fully saturated rings. The Morgan fingerprint density at radius 3 is 2.74 bits per heavy atom. The molecule has 1 heterocycles. The summed E-state index contributed by atoms with van der Waals surface area (Å²) in [5.41, 5.74) is 5.56. The summed E-state index contributed by atoms with van der Waals surface area (Å²) in [6.07, 6.45) is -0.160. The third kappa shape index (κ3) is 3.75. The van der Waals surface area contributed by atoms with Crippen LogP contribution in [0.15, 0.2) is 24.3 Å². The first-order valence-corrected chi connectivity index (χ1v) is 5.97. The average molecular weight is 287 g/mol. The van der Waals surface area contributed by atoms with Gasteiger partial charge in [-0.2, -0.15) is 0 Å². The summed E-state index contributed by atoms with van der Waals surface area (Å²) in [4.78, 5) is 13.2. The van der Waals surface area contributed by atoms with Crippen LogP contribution in [0.5, 0.6) is 11.5 Å². The number of likely N-dealkylation sites (N-methyl/N-ethyl adjacent to an activating group) is 1. The normalized spacial score (nSPS) is 18.2. The van der Waals surface area contributed by atoms with Gasteiger partial charge in [-0.15, -0.1) is 12.4 Å². The van der Waals surface area contributed by atoms with Gasteiger partial charge in [-0.1, -0.05) is 12.1 Å². The lowest BCUT2D eigenvalue weighted by Gasteiger charge is -2.30. The van der Waals surface area contributed by atoms with Gasteiger partial charge in [0.1, 0.15) is 6.61 Å². The van der Waals surface area contributed by atoms with E-state index < -0.39 is 6.04 Å².